The molecule has 0 spiro atoms. The van der Waals surface area contributed by atoms with E-state index in [-0.39, 0.29) is 6.10 Å². The lowest BCUT2D eigenvalue weighted by molar-refractivity contribution is 0.0837. The Morgan fingerprint density at radius 2 is 2.09 bits per heavy atom. The van der Waals surface area contributed by atoms with Crippen molar-refractivity contribution in [3.63, 3.8) is 0 Å². The molecule has 2 N–H and O–H groups in total. The number of nitrogens with one attached hydrogen (secondary N) is 1. The molecule has 1 saturated heterocycles. The zero-order valence-corrected chi connectivity index (χ0v) is 13.5. The SMILES string of the molecule is CCOCCN1CCN(Cc2cc(C3CC3)n[nH]2)C[C@H](O)C1. The minimum Gasteiger partial charge on any atom is -0.390 e. The monoisotopic (exact) mass is 308 g/mol. The molecule has 1 aliphatic carbocycles. The van der Waals surface area contributed by atoms with E-state index in [1.54, 1.807) is 0 Å². The Morgan fingerprint density at radius 1 is 1.32 bits per heavy atom. The van der Waals surface area contributed by atoms with Gasteiger partial charge in [0.05, 0.1) is 18.4 Å². The molecule has 1 aromatic heterocycles. The molecule has 6 heteroatoms. The van der Waals surface area contributed by atoms with Crippen LogP contribution in [-0.4, -0.2) is 77.1 Å². The molecule has 1 aliphatic heterocycles. The molecule has 1 aromatic rings. The molecule has 2 fully saturated rings. The quantitative estimate of drug-likeness (QED) is 0.730. The maximum absolute atomic E-state index is 10.2. The molecular formula is C16H28N4O2. The Hall–Kier alpha value is -0.950. The molecule has 1 saturated carbocycles. The van der Waals surface area contributed by atoms with Gasteiger partial charge in [-0.3, -0.25) is 14.9 Å². The van der Waals surface area contributed by atoms with Crippen molar-refractivity contribution in [2.75, 3.05) is 45.9 Å². The smallest absolute Gasteiger partial charge is 0.0793 e. The number of hydrogen-bond donors (Lipinski definition) is 2. The lowest BCUT2D eigenvalue weighted by Gasteiger charge is -2.20. The van der Waals surface area contributed by atoms with E-state index in [4.69, 9.17) is 4.74 Å². The number of hydrogen-bond acceptors (Lipinski definition) is 5. The van der Waals surface area contributed by atoms with Crippen molar-refractivity contribution >= 4 is 0 Å². The lowest BCUT2D eigenvalue weighted by atomic mass is 10.2. The highest BCUT2D eigenvalue weighted by Gasteiger charge is 2.27. The Labute approximate surface area is 132 Å². The third-order valence-corrected chi connectivity index (χ3v) is 4.47. The topological polar surface area (TPSA) is 64.6 Å². The third-order valence-electron chi connectivity index (χ3n) is 4.47. The number of nitrogens with zero attached hydrogens (tertiary/aromatic N) is 3. The van der Waals surface area contributed by atoms with Crippen LogP contribution in [0.15, 0.2) is 6.07 Å². The summed E-state index contributed by atoms with van der Waals surface area (Å²) in [6.07, 6.45) is 2.26. The molecule has 2 heterocycles. The van der Waals surface area contributed by atoms with E-state index in [1.807, 2.05) is 6.92 Å². The van der Waals surface area contributed by atoms with E-state index in [0.29, 0.717) is 5.92 Å². The number of aliphatic hydroxyl groups is 1. The van der Waals surface area contributed by atoms with Gasteiger partial charge in [-0.15, -0.1) is 0 Å². The van der Waals surface area contributed by atoms with Gasteiger partial charge >= 0.3 is 0 Å². The number of aliphatic hydroxyl groups excluding tert-OH is 1. The highest BCUT2D eigenvalue weighted by atomic mass is 16.5. The molecule has 0 aromatic carbocycles. The fourth-order valence-electron chi connectivity index (χ4n) is 3.09. The first-order valence-corrected chi connectivity index (χ1v) is 8.49. The number of aromatic amines is 1. The Kier molecular flexibility index (Phi) is 5.46. The third kappa shape index (κ3) is 4.52. The standard InChI is InChI=1S/C16H28N4O2/c1-2-22-8-7-19-5-6-20(12-15(21)11-19)10-14-9-16(18-17-14)13-3-4-13/h9,13,15,21H,2-8,10-12H2,1H3,(H,17,18)/t15-/m1/s1. The fraction of sp³-hybridized carbons (Fsp3) is 0.812. The fourth-order valence-corrected chi connectivity index (χ4v) is 3.09. The highest BCUT2D eigenvalue weighted by molar-refractivity contribution is 5.17. The molecule has 6 nitrogen and oxygen atoms in total. The van der Waals surface area contributed by atoms with Crippen molar-refractivity contribution in [3.05, 3.63) is 17.5 Å². The van der Waals surface area contributed by atoms with E-state index < -0.39 is 0 Å². The second kappa shape index (κ2) is 7.55. The van der Waals surface area contributed by atoms with Gasteiger partial charge in [0.15, 0.2) is 0 Å². The van der Waals surface area contributed by atoms with Crippen molar-refractivity contribution < 1.29 is 9.84 Å². The first-order valence-electron chi connectivity index (χ1n) is 8.49. The van der Waals surface area contributed by atoms with Crippen LogP contribution in [0.3, 0.4) is 0 Å². The molecular weight excluding hydrogens is 280 g/mol. The van der Waals surface area contributed by atoms with Crippen molar-refractivity contribution in [2.45, 2.75) is 38.3 Å². The Morgan fingerprint density at radius 3 is 2.86 bits per heavy atom. The first-order chi connectivity index (χ1) is 10.7. The summed E-state index contributed by atoms with van der Waals surface area (Å²) < 4.78 is 5.42. The molecule has 3 rings (SSSR count). The average Bonchev–Trinajstić information content (AvgIpc) is 3.26. The number of aromatic nitrogens is 2. The molecule has 1 atom stereocenters. The van der Waals surface area contributed by atoms with E-state index in [2.05, 4.69) is 26.1 Å². The van der Waals surface area contributed by atoms with Gasteiger partial charge in [0.25, 0.3) is 0 Å². The molecule has 124 valence electrons. The van der Waals surface area contributed by atoms with Crippen LogP contribution in [0, 0.1) is 0 Å². The second-order valence-corrected chi connectivity index (χ2v) is 6.48. The Bertz CT molecular complexity index is 461. The molecule has 0 unspecified atom stereocenters. The molecule has 22 heavy (non-hydrogen) atoms. The van der Waals surface area contributed by atoms with Crippen LogP contribution in [0.1, 0.15) is 37.1 Å². The van der Waals surface area contributed by atoms with Crippen LogP contribution in [0.4, 0.5) is 0 Å². The zero-order chi connectivity index (χ0) is 15.4. The summed E-state index contributed by atoms with van der Waals surface area (Å²) in [6.45, 7) is 8.67. The van der Waals surface area contributed by atoms with Gasteiger partial charge in [-0.1, -0.05) is 0 Å². The second-order valence-electron chi connectivity index (χ2n) is 6.48. The molecule has 0 radical (unpaired) electrons. The number of H-pyrrole nitrogens is 1. The van der Waals surface area contributed by atoms with Gasteiger partial charge < -0.3 is 9.84 Å². The van der Waals surface area contributed by atoms with Gasteiger partial charge in [0, 0.05) is 57.5 Å². The van der Waals surface area contributed by atoms with Crippen LogP contribution >= 0.6 is 0 Å². The largest absolute Gasteiger partial charge is 0.390 e. The first kappa shape index (κ1) is 15.9. The molecule has 0 bridgehead atoms. The predicted octanol–water partition coefficient (Wildman–Crippen LogP) is 0.802. The summed E-state index contributed by atoms with van der Waals surface area (Å²) in [5.41, 5.74) is 2.38. The van der Waals surface area contributed by atoms with Crippen molar-refractivity contribution in [2.24, 2.45) is 0 Å². The van der Waals surface area contributed by atoms with Gasteiger partial charge in [-0.05, 0) is 25.8 Å². The predicted molar refractivity (Wildman–Crippen MR) is 84.8 cm³/mol. The van der Waals surface area contributed by atoms with Crippen LogP contribution in [-0.2, 0) is 11.3 Å². The number of ether oxygens (including phenoxy) is 1. The van der Waals surface area contributed by atoms with Crippen molar-refractivity contribution in [1.29, 1.82) is 0 Å². The highest BCUT2D eigenvalue weighted by Crippen LogP contribution is 2.39. The van der Waals surface area contributed by atoms with E-state index in [0.717, 1.165) is 58.2 Å². The van der Waals surface area contributed by atoms with Gasteiger partial charge in [-0.2, -0.15) is 5.10 Å². The summed E-state index contributed by atoms with van der Waals surface area (Å²) >= 11 is 0. The summed E-state index contributed by atoms with van der Waals surface area (Å²) in [7, 11) is 0. The maximum Gasteiger partial charge on any atom is 0.0793 e. The van der Waals surface area contributed by atoms with E-state index in [1.165, 1.54) is 18.5 Å². The lowest BCUT2D eigenvalue weighted by Crippen LogP contribution is -2.35. The van der Waals surface area contributed by atoms with E-state index >= 15 is 0 Å². The molecule has 0 amide bonds. The molecule has 2 aliphatic rings. The summed E-state index contributed by atoms with van der Waals surface area (Å²) in [4.78, 5) is 4.61. The van der Waals surface area contributed by atoms with Crippen LogP contribution < -0.4 is 0 Å². The maximum atomic E-state index is 10.2. The number of rotatable bonds is 7. The minimum absolute atomic E-state index is 0.296. The van der Waals surface area contributed by atoms with Crippen LogP contribution in [0.5, 0.6) is 0 Å². The van der Waals surface area contributed by atoms with Gasteiger partial charge in [0.1, 0.15) is 0 Å². The van der Waals surface area contributed by atoms with Crippen LogP contribution in [0.2, 0.25) is 0 Å². The summed E-state index contributed by atoms with van der Waals surface area (Å²) in [5.74, 6) is 0.689. The van der Waals surface area contributed by atoms with Gasteiger partial charge in [-0.25, -0.2) is 0 Å². The summed E-state index contributed by atoms with van der Waals surface area (Å²) in [5, 5.41) is 17.8. The van der Waals surface area contributed by atoms with E-state index in [9.17, 15) is 5.11 Å². The number of β-amino-alcohol motifs (C(OH)–C–C–N with tert-alkyl or cyclic N) is 1. The average molecular weight is 308 g/mol. The van der Waals surface area contributed by atoms with Gasteiger partial charge in [0.2, 0.25) is 0 Å². The normalized spacial score (nSPS) is 24.5. The Balaban J connectivity index is 1.48. The summed E-state index contributed by atoms with van der Waals surface area (Å²) in [6, 6.07) is 2.20. The minimum atomic E-state index is -0.296. The van der Waals surface area contributed by atoms with Crippen molar-refractivity contribution in [1.82, 2.24) is 20.0 Å². The van der Waals surface area contributed by atoms with Crippen molar-refractivity contribution in [3.8, 4) is 0 Å². The van der Waals surface area contributed by atoms with Crippen LogP contribution in [0.25, 0.3) is 0 Å². The zero-order valence-electron chi connectivity index (χ0n) is 13.5.